The van der Waals surface area contributed by atoms with Gasteiger partial charge in [0.2, 0.25) is 0 Å². The fraction of sp³-hybridized carbons (Fsp3) is 0.412. The van der Waals surface area contributed by atoms with Crippen molar-refractivity contribution in [1.82, 2.24) is 9.78 Å². The zero-order valence-electron chi connectivity index (χ0n) is 15.4. The number of hydrogen-bond donors (Lipinski definition) is 2. The number of rotatable bonds is 7. The van der Waals surface area contributed by atoms with Crippen LogP contribution in [0.25, 0.3) is 0 Å². The minimum absolute atomic E-state index is 0.130. The molecule has 0 aromatic carbocycles. The van der Waals surface area contributed by atoms with Crippen LogP contribution in [0.1, 0.15) is 47.2 Å². The first-order valence-corrected chi connectivity index (χ1v) is 9.49. The largest absolute Gasteiger partial charge is 0.449 e. The van der Waals surface area contributed by atoms with Gasteiger partial charge < -0.3 is 15.8 Å². The van der Waals surface area contributed by atoms with Crippen molar-refractivity contribution in [2.24, 2.45) is 11.7 Å². The second-order valence-corrected chi connectivity index (χ2v) is 7.67. The first-order chi connectivity index (χ1) is 12.6. The molecule has 8 nitrogen and oxygen atoms in total. The van der Waals surface area contributed by atoms with E-state index in [1.54, 1.807) is 12.3 Å². The van der Waals surface area contributed by atoms with Crippen LogP contribution in [0.2, 0.25) is 5.15 Å². The minimum Gasteiger partial charge on any atom is -0.449 e. The van der Waals surface area contributed by atoms with E-state index < -0.39 is 23.9 Å². The molecule has 0 unspecified atom stereocenters. The predicted octanol–water partition coefficient (Wildman–Crippen LogP) is 2.85. The number of amides is 2. The quantitative estimate of drug-likeness (QED) is 0.678. The summed E-state index contributed by atoms with van der Waals surface area (Å²) in [4.78, 5) is 36.1. The van der Waals surface area contributed by atoms with Crippen molar-refractivity contribution >= 4 is 45.7 Å². The lowest BCUT2D eigenvalue weighted by Crippen LogP contribution is -2.30. The molecule has 3 N–H and O–H groups in total. The van der Waals surface area contributed by atoms with Gasteiger partial charge in [0.05, 0.1) is 11.3 Å². The summed E-state index contributed by atoms with van der Waals surface area (Å²) in [6.07, 6.45) is -1.11. The molecule has 0 saturated heterocycles. The third kappa shape index (κ3) is 4.86. The molecule has 27 heavy (non-hydrogen) atoms. The van der Waals surface area contributed by atoms with Gasteiger partial charge in [-0.05, 0) is 31.2 Å². The number of primary amides is 1. The number of carbonyl (C=O) groups is 3. The molecule has 2 heterocycles. The topological polar surface area (TPSA) is 116 Å². The zero-order valence-corrected chi connectivity index (χ0v) is 17.0. The summed E-state index contributed by atoms with van der Waals surface area (Å²) in [5, 5.41) is 8.88. The van der Waals surface area contributed by atoms with Gasteiger partial charge in [0, 0.05) is 6.54 Å². The van der Waals surface area contributed by atoms with Gasteiger partial charge in [-0.25, -0.2) is 4.79 Å². The number of hydrogen-bond acceptors (Lipinski definition) is 6. The van der Waals surface area contributed by atoms with Gasteiger partial charge >= 0.3 is 5.97 Å². The Balaban J connectivity index is 2.09. The second-order valence-electron chi connectivity index (χ2n) is 6.39. The summed E-state index contributed by atoms with van der Waals surface area (Å²) in [5.74, 6) is -1.69. The van der Waals surface area contributed by atoms with E-state index in [0.717, 1.165) is 11.3 Å². The summed E-state index contributed by atoms with van der Waals surface area (Å²) < 4.78 is 6.76. The van der Waals surface area contributed by atoms with Crippen molar-refractivity contribution in [3.05, 3.63) is 33.4 Å². The maximum atomic E-state index is 12.5. The Morgan fingerprint density at radius 3 is 2.63 bits per heavy atom. The molecule has 1 atom stereocenters. The molecule has 10 heteroatoms. The number of ether oxygens (including phenoxy) is 1. The van der Waals surface area contributed by atoms with Gasteiger partial charge in [0.1, 0.15) is 15.7 Å². The summed E-state index contributed by atoms with van der Waals surface area (Å²) in [6.45, 7) is 7.63. The number of anilines is 1. The van der Waals surface area contributed by atoms with Crippen molar-refractivity contribution in [1.29, 1.82) is 0 Å². The summed E-state index contributed by atoms with van der Waals surface area (Å²) >= 11 is 7.40. The second kappa shape index (κ2) is 8.53. The molecular formula is C17H21ClN4O4S. The number of halogens is 1. The standard InChI is InChI=1S/C17H21ClN4O4S/c1-8(2)7-22-13(18)12(9(3)21-22)17(25)26-10(4)15(24)20-16-11(14(19)23)5-6-27-16/h5-6,8,10H,7H2,1-4H3,(H2,19,23)(H,20,24)/t10-/m0/s1. The van der Waals surface area contributed by atoms with Crippen LogP contribution in [0.15, 0.2) is 11.4 Å². The monoisotopic (exact) mass is 412 g/mol. The van der Waals surface area contributed by atoms with E-state index in [4.69, 9.17) is 22.1 Å². The van der Waals surface area contributed by atoms with Gasteiger partial charge in [0.25, 0.3) is 11.8 Å². The lowest BCUT2D eigenvalue weighted by Gasteiger charge is -2.13. The average Bonchev–Trinajstić information content (AvgIpc) is 3.11. The Morgan fingerprint density at radius 2 is 2.04 bits per heavy atom. The molecule has 0 spiro atoms. The van der Waals surface area contributed by atoms with Crippen LogP contribution in [-0.2, 0) is 16.1 Å². The summed E-state index contributed by atoms with van der Waals surface area (Å²) in [7, 11) is 0. The minimum atomic E-state index is -1.11. The Labute approximate surface area is 165 Å². The van der Waals surface area contributed by atoms with Gasteiger partial charge in [-0.3, -0.25) is 14.3 Å². The van der Waals surface area contributed by atoms with Crippen molar-refractivity contribution in [3.63, 3.8) is 0 Å². The van der Waals surface area contributed by atoms with Crippen molar-refractivity contribution in [3.8, 4) is 0 Å². The number of carbonyl (C=O) groups excluding carboxylic acids is 3. The van der Waals surface area contributed by atoms with Gasteiger partial charge in [-0.1, -0.05) is 25.4 Å². The van der Waals surface area contributed by atoms with Crippen LogP contribution >= 0.6 is 22.9 Å². The number of esters is 1. The van der Waals surface area contributed by atoms with E-state index in [-0.39, 0.29) is 16.3 Å². The van der Waals surface area contributed by atoms with Gasteiger partial charge in [-0.15, -0.1) is 11.3 Å². The smallest absolute Gasteiger partial charge is 0.343 e. The fourth-order valence-corrected chi connectivity index (χ4v) is 3.45. The van der Waals surface area contributed by atoms with Crippen LogP contribution in [-0.4, -0.2) is 33.7 Å². The van der Waals surface area contributed by atoms with Crippen molar-refractivity contribution < 1.29 is 19.1 Å². The average molecular weight is 413 g/mol. The first kappa shape index (κ1) is 20.9. The van der Waals surface area contributed by atoms with E-state index >= 15 is 0 Å². The molecular weight excluding hydrogens is 392 g/mol. The molecule has 0 radical (unpaired) electrons. The van der Waals surface area contributed by atoms with Gasteiger partial charge in [0.15, 0.2) is 6.10 Å². The molecule has 0 aliphatic rings. The Kier molecular flexibility index (Phi) is 6.61. The van der Waals surface area contributed by atoms with Crippen LogP contribution < -0.4 is 11.1 Å². The lowest BCUT2D eigenvalue weighted by molar-refractivity contribution is -0.123. The fourth-order valence-electron chi connectivity index (χ4n) is 2.34. The highest BCUT2D eigenvalue weighted by molar-refractivity contribution is 7.14. The van der Waals surface area contributed by atoms with E-state index in [1.807, 2.05) is 13.8 Å². The number of nitrogens with zero attached hydrogens (tertiary/aromatic N) is 2. The van der Waals surface area contributed by atoms with Crippen molar-refractivity contribution in [2.75, 3.05) is 5.32 Å². The Hall–Kier alpha value is -2.39. The number of nitrogens with one attached hydrogen (secondary N) is 1. The van der Waals surface area contributed by atoms with Gasteiger partial charge in [-0.2, -0.15) is 5.10 Å². The highest BCUT2D eigenvalue weighted by atomic mass is 35.5. The molecule has 2 aromatic heterocycles. The van der Waals surface area contributed by atoms with Crippen LogP contribution in [0, 0.1) is 12.8 Å². The molecule has 0 bridgehead atoms. The third-order valence-electron chi connectivity index (χ3n) is 3.63. The molecule has 0 aliphatic carbocycles. The zero-order chi connectivity index (χ0) is 20.3. The molecule has 2 aromatic rings. The molecule has 2 rings (SSSR count). The number of aryl methyl sites for hydroxylation is 1. The third-order valence-corrected chi connectivity index (χ3v) is 4.84. The lowest BCUT2D eigenvalue weighted by atomic mass is 10.2. The maximum Gasteiger partial charge on any atom is 0.343 e. The molecule has 2 amide bonds. The summed E-state index contributed by atoms with van der Waals surface area (Å²) in [5.41, 5.74) is 5.99. The maximum absolute atomic E-state index is 12.5. The van der Waals surface area contributed by atoms with E-state index in [0.29, 0.717) is 23.2 Å². The van der Waals surface area contributed by atoms with Crippen LogP contribution in [0.4, 0.5) is 5.00 Å². The number of aromatic nitrogens is 2. The predicted molar refractivity (Wildman–Crippen MR) is 103 cm³/mol. The highest BCUT2D eigenvalue weighted by Crippen LogP contribution is 2.24. The molecule has 0 aliphatic heterocycles. The van der Waals surface area contributed by atoms with Crippen LogP contribution in [0.5, 0.6) is 0 Å². The van der Waals surface area contributed by atoms with E-state index in [9.17, 15) is 14.4 Å². The first-order valence-electron chi connectivity index (χ1n) is 8.23. The SMILES string of the molecule is Cc1nn(CC(C)C)c(Cl)c1C(=O)O[C@@H](C)C(=O)Nc1sccc1C(N)=O. The Morgan fingerprint density at radius 1 is 1.37 bits per heavy atom. The number of nitrogens with two attached hydrogens (primary N) is 1. The molecule has 0 saturated carbocycles. The number of thiophene rings is 1. The van der Waals surface area contributed by atoms with Crippen molar-refractivity contribution in [2.45, 2.75) is 40.3 Å². The normalized spacial score (nSPS) is 12.1. The molecule has 146 valence electrons. The van der Waals surface area contributed by atoms with Crippen LogP contribution in [0.3, 0.4) is 0 Å². The van der Waals surface area contributed by atoms with E-state index in [1.165, 1.54) is 17.7 Å². The van der Waals surface area contributed by atoms with E-state index in [2.05, 4.69) is 10.4 Å². The summed E-state index contributed by atoms with van der Waals surface area (Å²) in [6, 6.07) is 1.51. The molecule has 0 fully saturated rings. The highest BCUT2D eigenvalue weighted by Gasteiger charge is 2.26. The Bertz CT molecular complexity index is 874.